The summed E-state index contributed by atoms with van der Waals surface area (Å²) in [6.07, 6.45) is 3.45. The fourth-order valence-electron chi connectivity index (χ4n) is 2.44. The van der Waals surface area contributed by atoms with Crippen molar-refractivity contribution in [2.45, 2.75) is 26.3 Å². The first-order chi connectivity index (χ1) is 11.9. The molecule has 0 bridgehead atoms. The van der Waals surface area contributed by atoms with E-state index in [0.29, 0.717) is 12.0 Å². The van der Waals surface area contributed by atoms with Crippen LogP contribution in [0.5, 0.6) is 5.75 Å². The van der Waals surface area contributed by atoms with Crippen LogP contribution in [-0.2, 0) is 4.79 Å². The maximum Gasteiger partial charge on any atom is 0.326 e. The number of aliphatic carboxylic acids is 1. The average molecular weight is 342 g/mol. The minimum atomic E-state index is -1.04. The number of hydrogen-bond donors (Lipinski definition) is 2. The topological polar surface area (TPSA) is 88.5 Å². The van der Waals surface area contributed by atoms with Crippen LogP contribution in [0.4, 0.5) is 0 Å². The molecule has 2 rings (SSSR count). The molecule has 0 spiro atoms. The average Bonchev–Trinajstić information content (AvgIpc) is 2.60. The van der Waals surface area contributed by atoms with Gasteiger partial charge in [0.05, 0.1) is 12.7 Å². The fourth-order valence-corrected chi connectivity index (χ4v) is 2.44. The highest BCUT2D eigenvalue weighted by atomic mass is 16.5. The number of methoxy groups -OCH3 is 1. The maximum absolute atomic E-state index is 12.4. The maximum atomic E-state index is 12.4. The molecule has 1 atom stereocenters. The van der Waals surface area contributed by atoms with Crippen LogP contribution in [0.2, 0.25) is 0 Å². The van der Waals surface area contributed by atoms with Crippen LogP contribution < -0.4 is 10.1 Å². The van der Waals surface area contributed by atoms with Gasteiger partial charge in [-0.05, 0) is 36.1 Å². The summed E-state index contributed by atoms with van der Waals surface area (Å²) in [5.74, 6) is -0.592. The second-order valence-electron chi connectivity index (χ2n) is 6.18. The first kappa shape index (κ1) is 18.4. The van der Waals surface area contributed by atoms with Crippen molar-refractivity contribution in [3.8, 4) is 16.9 Å². The molecule has 0 saturated heterocycles. The van der Waals surface area contributed by atoms with Crippen LogP contribution in [0.15, 0.2) is 42.7 Å². The van der Waals surface area contributed by atoms with Crippen LogP contribution >= 0.6 is 0 Å². The molecule has 1 amide bonds. The van der Waals surface area contributed by atoms with E-state index >= 15 is 0 Å². The van der Waals surface area contributed by atoms with Crippen molar-refractivity contribution in [3.63, 3.8) is 0 Å². The Kier molecular flexibility index (Phi) is 6.11. The number of pyridine rings is 1. The molecule has 0 saturated carbocycles. The number of benzene rings is 1. The zero-order chi connectivity index (χ0) is 18.4. The van der Waals surface area contributed by atoms with Crippen LogP contribution in [0.25, 0.3) is 11.1 Å². The quantitative estimate of drug-likeness (QED) is 0.807. The molecule has 1 heterocycles. The van der Waals surface area contributed by atoms with Gasteiger partial charge in [-0.2, -0.15) is 0 Å². The van der Waals surface area contributed by atoms with Crippen molar-refractivity contribution in [2.24, 2.45) is 5.92 Å². The Morgan fingerprint density at radius 2 is 1.84 bits per heavy atom. The van der Waals surface area contributed by atoms with E-state index in [1.807, 2.05) is 38.1 Å². The van der Waals surface area contributed by atoms with Gasteiger partial charge in [-0.1, -0.05) is 26.0 Å². The summed E-state index contributed by atoms with van der Waals surface area (Å²) in [5, 5.41) is 11.8. The van der Waals surface area contributed by atoms with E-state index in [0.717, 1.165) is 16.9 Å². The van der Waals surface area contributed by atoms with E-state index in [9.17, 15) is 14.7 Å². The Bertz CT molecular complexity index is 741. The second kappa shape index (κ2) is 8.28. The molecule has 0 aliphatic rings. The molecule has 2 N–H and O–H groups in total. The first-order valence-electron chi connectivity index (χ1n) is 8.04. The molecule has 0 fully saturated rings. The molecule has 0 aliphatic heterocycles. The van der Waals surface area contributed by atoms with Crippen molar-refractivity contribution in [1.29, 1.82) is 0 Å². The van der Waals surface area contributed by atoms with Gasteiger partial charge in [0, 0.05) is 18.0 Å². The largest absolute Gasteiger partial charge is 0.497 e. The summed E-state index contributed by atoms with van der Waals surface area (Å²) in [6, 6.07) is 8.17. The third kappa shape index (κ3) is 5.04. The number of amides is 1. The summed E-state index contributed by atoms with van der Waals surface area (Å²) < 4.78 is 5.13. The highest BCUT2D eigenvalue weighted by Crippen LogP contribution is 2.22. The third-order valence-electron chi connectivity index (χ3n) is 3.73. The number of aromatic nitrogens is 1. The van der Waals surface area contributed by atoms with Crippen LogP contribution in [0, 0.1) is 5.92 Å². The van der Waals surface area contributed by atoms with Gasteiger partial charge in [-0.25, -0.2) is 4.79 Å². The summed E-state index contributed by atoms with van der Waals surface area (Å²) >= 11 is 0. The minimum absolute atomic E-state index is 0.158. The predicted molar refractivity (Wildman–Crippen MR) is 94.6 cm³/mol. The molecule has 1 aromatic heterocycles. The van der Waals surface area contributed by atoms with Crippen molar-refractivity contribution in [2.75, 3.05) is 7.11 Å². The van der Waals surface area contributed by atoms with Gasteiger partial charge in [0.15, 0.2) is 0 Å². The molecule has 0 radical (unpaired) electrons. The lowest BCUT2D eigenvalue weighted by molar-refractivity contribution is -0.139. The van der Waals surface area contributed by atoms with E-state index < -0.39 is 17.9 Å². The molecule has 0 unspecified atom stereocenters. The van der Waals surface area contributed by atoms with Gasteiger partial charge in [-0.3, -0.25) is 9.78 Å². The number of nitrogens with zero attached hydrogens (tertiary/aromatic N) is 1. The van der Waals surface area contributed by atoms with Crippen LogP contribution in [-0.4, -0.2) is 35.1 Å². The van der Waals surface area contributed by atoms with E-state index in [-0.39, 0.29) is 5.92 Å². The minimum Gasteiger partial charge on any atom is -0.497 e. The Morgan fingerprint density at radius 1 is 1.16 bits per heavy atom. The number of carbonyl (C=O) groups is 2. The normalized spacial score (nSPS) is 11.8. The zero-order valence-corrected chi connectivity index (χ0v) is 14.5. The van der Waals surface area contributed by atoms with Crippen molar-refractivity contribution in [3.05, 3.63) is 48.3 Å². The standard InChI is InChI=1S/C19H22N2O4/c1-12(2)8-17(19(23)24)21-18(22)15-9-14(10-20-11-15)13-4-6-16(25-3)7-5-13/h4-7,9-12,17H,8H2,1-3H3,(H,21,22)(H,23,24)/t17-/m0/s1. The lowest BCUT2D eigenvalue weighted by atomic mass is 10.0. The summed E-state index contributed by atoms with van der Waals surface area (Å²) in [7, 11) is 1.59. The molecule has 6 nitrogen and oxygen atoms in total. The number of carboxylic acid groups (broad SMARTS) is 1. The summed E-state index contributed by atoms with van der Waals surface area (Å²) in [6.45, 7) is 3.82. The molecule has 6 heteroatoms. The van der Waals surface area contributed by atoms with Gasteiger partial charge in [0.1, 0.15) is 11.8 Å². The zero-order valence-electron chi connectivity index (χ0n) is 14.5. The van der Waals surface area contributed by atoms with Gasteiger partial charge >= 0.3 is 5.97 Å². The molecule has 25 heavy (non-hydrogen) atoms. The van der Waals surface area contributed by atoms with E-state index in [1.165, 1.54) is 6.20 Å². The van der Waals surface area contributed by atoms with Crippen molar-refractivity contribution >= 4 is 11.9 Å². The predicted octanol–water partition coefficient (Wildman–Crippen LogP) is 2.99. The van der Waals surface area contributed by atoms with Crippen molar-refractivity contribution in [1.82, 2.24) is 10.3 Å². The SMILES string of the molecule is COc1ccc(-c2cncc(C(=O)N[C@@H](CC(C)C)C(=O)O)c2)cc1. The van der Waals surface area contributed by atoms with Crippen LogP contribution in [0.3, 0.4) is 0 Å². The first-order valence-corrected chi connectivity index (χ1v) is 8.04. The smallest absolute Gasteiger partial charge is 0.326 e. The van der Waals surface area contributed by atoms with Gasteiger partial charge in [0.25, 0.3) is 5.91 Å². The van der Waals surface area contributed by atoms with E-state index in [4.69, 9.17) is 4.74 Å². The van der Waals surface area contributed by atoms with Crippen molar-refractivity contribution < 1.29 is 19.4 Å². The van der Waals surface area contributed by atoms with Crippen LogP contribution in [0.1, 0.15) is 30.6 Å². The molecule has 0 aliphatic carbocycles. The summed E-state index contributed by atoms with van der Waals surface area (Å²) in [4.78, 5) is 27.8. The lowest BCUT2D eigenvalue weighted by Gasteiger charge is -2.16. The number of carbonyl (C=O) groups excluding carboxylic acids is 1. The van der Waals surface area contributed by atoms with Gasteiger partial charge < -0.3 is 15.2 Å². The van der Waals surface area contributed by atoms with E-state index in [2.05, 4.69) is 10.3 Å². The second-order valence-corrected chi connectivity index (χ2v) is 6.18. The summed E-state index contributed by atoms with van der Waals surface area (Å²) in [5.41, 5.74) is 1.98. The number of hydrogen-bond acceptors (Lipinski definition) is 4. The molecule has 2 aromatic rings. The number of rotatable bonds is 7. The Hall–Kier alpha value is -2.89. The Morgan fingerprint density at radius 3 is 2.40 bits per heavy atom. The van der Waals surface area contributed by atoms with Gasteiger partial charge in [0.2, 0.25) is 0 Å². The fraction of sp³-hybridized carbons (Fsp3) is 0.316. The molecule has 132 valence electrons. The highest BCUT2D eigenvalue weighted by molar-refractivity contribution is 5.97. The van der Waals surface area contributed by atoms with E-state index in [1.54, 1.807) is 19.4 Å². The highest BCUT2D eigenvalue weighted by Gasteiger charge is 2.22. The molecule has 1 aromatic carbocycles. The molecular weight excluding hydrogens is 320 g/mol. The third-order valence-corrected chi connectivity index (χ3v) is 3.73. The number of ether oxygens (including phenoxy) is 1. The number of nitrogens with one attached hydrogen (secondary N) is 1. The monoisotopic (exact) mass is 342 g/mol. The Labute approximate surface area is 146 Å². The number of carboxylic acids is 1. The Balaban J connectivity index is 2.19. The van der Waals surface area contributed by atoms with Gasteiger partial charge in [-0.15, -0.1) is 0 Å². The lowest BCUT2D eigenvalue weighted by Crippen LogP contribution is -2.41. The molecular formula is C19H22N2O4.